The summed E-state index contributed by atoms with van der Waals surface area (Å²) in [5, 5.41) is 0. The van der Waals surface area contributed by atoms with Crippen LogP contribution in [0.3, 0.4) is 0 Å². The van der Waals surface area contributed by atoms with Crippen LogP contribution in [0.4, 0.5) is 0 Å². The van der Waals surface area contributed by atoms with Gasteiger partial charge in [-0.25, -0.2) is 4.79 Å². The van der Waals surface area contributed by atoms with Gasteiger partial charge in [0.25, 0.3) is 0 Å². The van der Waals surface area contributed by atoms with E-state index in [1.165, 1.54) is 57.4 Å². The second kappa shape index (κ2) is 33.2. The standard InChI is InChI=1S/C47H79NO6/c1-9-11-13-15-17-25-31-37-52-43(49)35-29-23-19-21-27-33-42(54-45(51)39-46(3,4)40-47(5,6)41-48(7)8)34-28-22-20-24-30-36-44(50)53-38-32-26-18-16-14-12-10-2/h19,21-22,24-26,28-32,35,42H,9-18,20,23,27,33-34,36-41H2,1-8H3. The van der Waals surface area contributed by atoms with Crippen molar-refractivity contribution in [3.63, 3.8) is 0 Å². The van der Waals surface area contributed by atoms with Gasteiger partial charge in [-0.2, -0.15) is 0 Å². The summed E-state index contributed by atoms with van der Waals surface area (Å²) in [6.45, 7) is 14.8. The van der Waals surface area contributed by atoms with Crippen LogP contribution < -0.4 is 0 Å². The van der Waals surface area contributed by atoms with Crippen molar-refractivity contribution in [2.75, 3.05) is 33.9 Å². The first-order valence-electron chi connectivity index (χ1n) is 20.9. The molecule has 0 saturated carbocycles. The molecule has 0 aromatic heterocycles. The Morgan fingerprint density at radius 2 is 1.19 bits per heavy atom. The Morgan fingerprint density at radius 1 is 0.611 bits per heavy atom. The lowest BCUT2D eigenvalue weighted by Crippen LogP contribution is -2.34. The minimum atomic E-state index is -0.336. The van der Waals surface area contributed by atoms with E-state index in [2.05, 4.69) is 84.8 Å². The largest absolute Gasteiger partial charge is 0.462 e. The molecule has 54 heavy (non-hydrogen) atoms. The number of hydrogen-bond donors (Lipinski definition) is 0. The monoisotopic (exact) mass is 754 g/mol. The van der Waals surface area contributed by atoms with E-state index in [0.717, 1.165) is 32.2 Å². The van der Waals surface area contributed by atoms with Crippen molar-refractivity contribution in [3.8, 4) is 0 Å². The maximum atomic E-state index is 13.2. The lowest BCUT2D eigenvalue weighted by Gasteiger charge is -2.36. The first-order valence-corrected chi connectivity index (χ1v) is 20.9. The molecular formula is C47H79NO6. The molecule has 7 heteroatoms. The Balaban J connectivity index is 4.90. The smallest absolute Gasteiger partial charge is 0.330 e. The minimum Gasteiger partial charge on any atom is -0.462 e. The molecule has 0 aromatic carbocycles. The molecule has 0 aliphatic carbocycles. The Morgan fingerprint density at radius 3 is 1.81 bits per heavy atom. The lowest BCUT2D eigenvalue weighted by atomic mass is 9.73. The van der Waals surface area contributed by atoms with E-state index in [0.29, 0.717) is 45.3 Å². The molecule has 0 saturated heterocycles. The van der Waals surface area contributed by atoms with Gasteiger partial charge >= 0.3 is 17.9 Å². The topological polar surface area (TPSA) is 82.1 Å². The highest BCUT2D eigenvalue weighted by Crippen LogP contribution is 2.37. The van der Waals surface area contributed by atoms with Crippen molar-refractivity contribution < 1.29 is 28.6 Å². The highest BCUT2D eigenvalue weighted by atomic mass is 16.5. The maximum absolute atomic E-state index is 13.2. The molecule has 0 radical (unpaired) electrons. The molecule has 0 aromatic rings. The summed E-state index contributed by atoms with van der Waals surface area (Å²) in [4.78, 5) is 39.4. The summed E-state index contributed by atoms with van der Waals surface area (Å²) in [7, 11) is 4.16. The van der Waals surface area contributed by atoms with Gasteiger partial charge in [0.1, 0.15) is 19.3 Å². The van der Waals surface area contributed by atoms with Gasteiger partial charge in [-0.05, 0) is 82.7 Å². The third-order valence-corrected chi connectivity index (χ3v) is 8.70. The van der Waals surface area contributed by atoms with Crippen molar-refractivity contribution in [3.05, 3.63) is 72.9 Å². The third-order valence-electron chi connectivity index (χ3n) is 8.70. The van der Waals surface area contributed by atoms with E-state index in [4.69, 9.17) is 14.2 Å². The highest BCUT2D eigenvalue weighted by molar-refractivity contribution is 5.81. The van der Waals surface area contributed by atoms with Crippen molar-refractivity contribution in [2.45, 2.75) is 163 Å². The van der Waals surface area contributed by atoms with Crippen LogP contribution in [0, 0.1) is 10.8 Å². The van der Waals surface area contributed by atoms with Gasteiger partial charge < -0.3 is 19.1 Å². The lowest BCUT2D eigenvalue weighted by molar-refractivity contribution is -0.152. The van der Waals surface area contributed by atoms with E-state index < -0.39 is 0 Å². The fourth-order valence-corrected chi connectivity index (χ4v) is 6.68. The van der Waals surface area contributed by atoms with E-state index in [9.17, 15) is 14.4 Å². The number of unbranched alkanes of at least 4 members (excludes halogenated alkanes) is 8. The van der Waals surface area contributed by atoms with Gasteiger partial charge in [0, 0.05) is 19.0 Å². The normalized spacial score (nSPS) is 13.5. The van der Waals surface area contributed by atoms with E-state index >= 15 is 0 Å². The van der Waals surface area contributed by atoms with Gasteiger partial charge in [-0.1, -0.05) is 147 Å². The molecular weight excluding hydrogens is 675 g/mol. The summed E-state index contributed by atoms with van der Waals surface area (Å²) in [5.41, 5.74) is -0.115. The summed E-state index contributed by atoms with van der Waals surface area (Å²) in [5.74, 6) is -0.733. The predicted molar refractivity (Wildman–Crippen MR) is 227 cm³/mol. The number of esters is 3. The molecule has 0 heterocycles. The van der Waals surface area contributed by atoms with Crippen LogP contribution in [0.25, 0.3) is 0 Å². The minimum absolute atomic E-state index is 0.0743. The van der Waals surface area contributed by atoms with Gasteiger partial charge in [0.2, 0.25) is 0 Å². The van der Waals surface area contributed by atoms with Crippen LogP contribution in [-0.2, 0) is 28.6 Å². The number of allylic oxidation sites excluding steroid dienone is 7. The zero-order chi connectivity index (χ0) is 40.3. The summed E-state index contributed by atoms with van der Waals surface area (Å²) in [6, 6.07) is 0. The first-order chi connectivity index (χ1) is 25.8. The second-order valence-corrected chi connectivity index (χ2v) is 16.3. The van der Waals surface area contributed by atoms with Crippen LogP contribution in [-0.4, -0.2) is 62.8 Å². The van der Waals surface area contributed by atoms with Crippen molar-refractivity contribution in [1.29, 1.82) is 0 Å². The van der Waals surface area contributed by atoms with Gasteiger partial charge in [-0.3, -0.25) is 9.59 Å². The number of nitrogens with zero attached hydrogens (tertiary/aromatic N) is 1. The summed E-state index contributed by atoms with van der Waals surface area (Å²) < 4.78 is 16.6. The van der Waals surface area contributed by atoms with Gasteiger partial charge in [-0.15, -0.1) is 0 Å². The third kappa shape index (κ3) is 34.6. The number of hydrogen-bond acceptors (Lipinski definition) is 7. The van der Waals surface area contributed by atoms with Crippen LogP contribution in [0.2, 0.25) is 0 Å². The fourth-order valence-electron chi connectivity index (χ4n) is 6.68. The van der Waals surface area contributed by atoms with Crippen LogP contribution >= 0.6 is 0 Å². The second-order valence-electron chi connectivity index (χ2n) is 16.3. The molecule has 308 valence electrons. The molecule has 0 N–H and O–H groups in total. The Hall–Kier alpha value is -3.19. The maximum Gasteiger partial charge on any atom is 0.330 e. The predicted octanol–water partition coefficient (Wildman–Crippen LogP) is 12.0. The molecule has 0 fully saturated rings. The molecule has 7 nitrogen and oxygen atoms in total. The zero-order valence-corrected chi connectivity index (χ0v) is 35.8. The van der Waals surface area contributed by atoms with Crippen LogP contribution in [0.1, 0.15) is 157 Å². The van der Waals surface area contributed by atoms with Gasteiger partial charge in [0.05, 0.1) is 12.8 Å². The van der Waals surface area contributed by atoms with E-state index in [1.54, 1.807) is 6.08 Å². The quantitative estimate of drug-likeness (QED) is 0.0217. The summed E-state index contributed by atoms with van der Waals surface area (Å²) in [6.07, 6.45) is 39.8. The van der Waals surface area contributed by atoms with Gasteiger partial charge in [0.15, 0.2) is 0 Å². The number of carbonyl (C=O) groups is 3. The number of rotatable bonds is 33. The Kier molecular flexibility index (Phi) is 31.2. The molecule has 0 bridgehead atoms. The van der Waals surface area contributed by atoms with E-state index in [1.807, 2.05) is 36.5 Å². The average molecular weight is 754 g/mol. The first kappa shape index (κ1) is 50.8. The van der Waals surface area contributed by atoms with Crippen molar-refractivity contribution >= 4 is 17.9 Å². The Labute approximate surface area is 331 Å². The summed E-state index contributed by atoms with van der Waals surface area (Å²) >= 11 is 0. The number of ether oxygens (including phenoxy) is 3. The van der Waals surface area contributed by atoms with E-state index in [-0.39, 0.29) is 41.3 Å². The number of carbonyl (C=O) groups excluding carboxylic acids is 3. The molecule has 0 amide bonds. The molecule has 0 spiro atoms. The average Bonchev–Trinajstić information content (AvgIpc) is 3.08. The molecule has 0 aliphatic rings. The highest BCUT2D eigenvalue weighted by Gasteiger charge is 2.32. The Bertz CT molecular complexity index is 1160. The van der Waals surface area contributed by atoms with Crippen LogP contribution in [0.15, 0.2) is 72.9 Å². The SMILES string of the molecule is CCCCCCC=CCOC(=O)C=CCC=CCCC(CC=CCC=CCC(=O)OCC=CCCCCCC)OC(=O)CC(C)(C)CC(C)(C)CN(C)C. The molecule has 0 aliphatic heterocycles. The fraction of sp³-hybridized carbons (Fsp3) is 0.681. The zero-order valence-electron chi connectivity index (χ0n) is 35.8. The van der Waals surface area contributed by atoms with Crippen molar-refractivity contribution in [2.24, 2.45) is 10.8 Å². The van der Waals surface area contributed by atoms with Crippen molar-refractivity contribution in [1.82, 2.24) is 4.90 Å². The molecule has 1 unspecified atom stereocenters. The molecule has 0 rings (SSSR count). The van der Waals surface area contributed by atoms with Crippen LogP contribution in [0.5, 0.6) is 0 Å². The molecule has 1 atom stereocenters.